The van der Waals surface area contributed by atoms with Crippen LogP contribution in [0.2, 0.25) is 0 Å². The Morgan fingerprint density at radius 3 is 2.80 bits per heavy atom. The number of hydrogen-bond donors (Lipinski definition) is 3. The number of rotatable bonds is 9. The van der Waals surface area contributed by atoms with Gasteiger partial charge >= 0.3 is 0 Å². The summed E-state index contributed by atoms with van der Waals surface area (Å²) < 4.78 is 36.3. The summed E-state index contributed by atoms with van der Waals surface area (Å²) in [6, 6.07) is 9.63. The maximum Gasteiger partial charge on any atom is 0.287 e. The van der Waals surface area contributed by atoms with Crippen LogP contribution in [0.15, 0.2) is 41.2 Å². The van der Waals surface area contributed by atoms with E-state index in [1.165, 1.54) is 6.07 Å². The van der Waals surface area contributed by atoms with E-state index in [2.05, 4.69) is 15.3 Å². The first kappa shape index (κ1) is 24.6. The highest BCUT2D eigenvalue weighted by molar-refractivity contribution is 5.93. The zero-order valence-corrected chi connectivity index (χ0v) is 19.1. The zero-order valence-electron chi connectivity index (χ0n) is 19.1. The molecule has 11 heteroatoms. The minimum atomic E-state index is -0.721. The predicted octanol–water partition coefficient (Wildman–Crippen LogP) is 1.55. The highest BCUT2D eigenvalue weighted by Gasteiger charge is 2.22. The van der Waals surface area contributed by atoms with Crippen LogP contribution in [0, 0.1) is 5.82 Å². The Hall–Kier alpha value is -3.54. The Morgan fingerprint density at radius 2 is 2.06 bits per heavy atom. The summed E-state index contributed by atoms with van der Waals surface area (Å²) in [5.41, 5.74) is 0.233. The molecule has 1 aliphatic rings. The lowest BCUT2D eigenvalue weighted by Crippen LogP contribution is -2.38. The summed E-state index contributed by atoms with van der Waals surface area (Å²) in [4.78, 5) is 32.0. The Morgan fingerprint density at radius 1 is 1.26 bits per heavy atom. The van der Waals surface area contributed by atoms with E-state index in [9.17, 15) is 14.0 Å². The molecule has 2 atom stereocenters. The zero-order chi connectivity index (χ0) is 24.8. The number of aromatic amines is 1. The number of benzene rings is 2. The first-order valence-corrected chi connectivity index (χ1v) is 11.1. The van der Waals surface area contributed by atoms with Gasteiger partial charge in [0.05, 0.1) is 45.2 Å². The number of aromatic nitrogens is 2. The summed E-state index contributed by atoms with van der Waals surface area (Å²) in [7, 11) is 1.55. The van der Waals surface area contributed by atoms with Crippen LogP contribution in [0.4, 0.5) is 4.39 Å². The fourth-order valence-electron chi connectivity index (χ4n) is 3.62. The second-order valence-electron chi connectivity index (χ2n) is 7.95. The van der Waals surface area contributed by atoms with Crippen LogP contribution in [-0.4, -0.2) is 66.7 Å². The monoisotopic (exact) mass is 487 g/mol. The molecule has 1 saturated heterocycles. The molecule has 3 N–H and O–H groups in total. The maximum absolute atomic E-state index is 14.5. The third-order valence-corrected chi connectivity index (χ3v) is 5.51. The molecule has 35 heavy (non-hydrogen) atoms. The van der Waals surface area contributed by atoms with Crippen molar-refractivity contribution in [2.45, 2.75) is 25.2 Å². The summed E-state index contributed by atoms with van der Waals surface area (Å²) in [6.07, 6.45) is -0.231. The Balaban J connectivity index is 1.44. The molecule has 3 aromatic rings. The van der Waals surface area contributed by atoms with Crippen molar-refractivity contribution in [2.75, 3.05) is 33.5 Å². The SMILES string of the molecule is COc1cccc(CNC(=O)c2nc3ccc(F)c(OCCC4COC(CO)CO4)c3c(=O)[nH]2)c1. The van der Waals surface area contributed by atoms with Crippen molar-refractivity contribution in [3.8, 4) is 11.5 Å². The molecule has 2 heterocycles. The summed E-state index contributed by atoms with van der Waals surface area (Å²) in [5.74, 6) is -1.10. The lowest BCUT2D eigenvalue weighted by atomic mass is 10.2. The lowest BCUT2D eigenvalue weighted by Gasteiger charge is -2.28. The molecule has 4 rings (SSSR count). The summed E-state index contributed by atoms with van der Waals surface area (Å²) >= 11 is 0. The number of amides is 1. The number of halogens is 1. The van der Waals surface area contributed by atoms with Gasteiger partial charge in [-0.1, -0.05) is 12.1 Å². The average Bonchev–Trinajstić information content (AvgIpc) is 2.89. The number of fused-ring (bicyclic) bond motifs is 1. The first-order chi connectivity index (χ1) is 17.0. The van der Waals surface area contributed by atoms with E-state index in [0.717, 1.165) is 11.6 Å². The third-order valence-electron chi connectivity index (χ3n) is 5.51. The molecule has 186 valence electrons. The topological polar surface area (TPSA) is 132 Å². The number of aliphatic hydroxyl groups is 1. The second kappa shape index (κ2) is 11.3. The molecule has 0 spiro atoms. The van der Waals surface area contributed by atoms with Gasteiger partial charge in [-0.25, -0.2) is 9.37 Å². The molecule has 1 aliphatic heterocycles. The van der Waals surface area contributed by atoms with Crippen LogP contribution in [0.5, 0.6) is 11.5 Å². The van der Waals surface area contributed by atoms with E-state index >= 15 is 0 Å². The molecule has 0 radical (unpaired) electrons. The van der Waals surface area contributed by atoms with Crippen molar-refractivity contribution < 1.29 is 33.2 Å². The highest BCUT2D eigenvalue weighted by atomic mass is 19.1. The molecule has 10 nitrogen and oxygen atoms in total. The minimum absolute atomic E-state index is 0.0655. The normalized spacial score (nSPS) is 17.8. The Kier molecular flexibility index (Phi) is 7.91. The standard InChI is InChI=1S/C24H26FN3O7/c1-32-15-4-2-3-14(9-15)10-26-24(31)22-27-19-6-5-18(25)21(20(19)23(30)28-22)33-8-7-16-12-35-17(11-29)13-34-16/h2-6,9,16-17,29H,7-8,10-13H2,1H3,(H,26,31)(H,27,28,30). The quantitative estimate of drug-likeness (QED) is 0.414. The van der Waals surface area contributed by atoms with Crippen LogP contribution in [0.1, 0.15) is 22.6 Å². The molecule has 1 amide bonds. The number of carbonyl (C=O) groups is 1. The van der Waals surface area contributed by atoms with E-state index in [1.807, 2.05) is 6.07 Å². The first-order valence-electron chi connectivity index (χ1n) is 11.1. The van der Waals surface area contributed by atoms with Gasteiger partial charge in [0.25, 0.3) is 11.5 Å². The highest BCUT2D eigenvalue weighted by Crippen LogP contribution is 2.26. The number of carbonyl (C=O) groups excluding carboxylic acids is 1. The smallest absolute Gasteiger partial charge is 0.287 e. The molecule has 0 aliphatic carbocycles. The van der Waals surface area contributed by atoms with Gasteiger partial charge in [-0.3, -0.25) is 9.59 Å². The Bertz CT molecular complexity index is 1240. The fourth-order valence-corrected chi connectivity index (χ4v) is 3.62. The van der Waals surface area contributed by atoms with E-state index in [-0.39, 0.29) is 67.7 Å². The molecule has 2 aromatic carbocycles. The van der Waals surface area contributed by atoms with Crippen LogP contribution in [0.3, 0.4) is 0 Å². The number of H-pyrrole nitrogens is 1. The van der Waals surface area contributed by atoms with Gasteiger partial charge in [0.2, 0.25) is 0 Å². The lowest BCUT2D eigenvalue weighted by molar-refractivity contribution is -0.148. The van der Waals surface area contributed by atoms with Gasteiger partial charge in [-0.05, 0) is 29.8 Å². The second-order valence-corrected chi connectivity index (χ2v) is 7.95. The van der Waals surface area contributed by atoms with Crippen LogP contribution >= 0.6 is 0 Å². The number of nitrogens with one attached hydrogen (secondary N) is 2. The predicted molar refractivity (Wildman–Crippen MR) is 123 cm³/mol. The molecule has 2 unspecified atom stereocenters. The van der Waals surface area contributed by atoms with Crippen molar-refractivity contribution in [3.63, 3.8) is 0 Å². The molecular weight excluding hydrogens is 461 g/mol. The van der Waals surface area contributed by atoms with Crippen molar-refractivity contribution >= 4 is 16.8 Å². The van der Waals surface area contributed by atoms with Crippen LogP contribution in [-0.2, 0) is 16.0 Å². The fraction of sp³-hybridized carbons (Fsp3) is 0.375. The molecule has 1 fully saturated rings. The van der Waals surface area contributed by atoms with Gasteiger partial charge < -0.3 is 34.4 Å². The van der Waals surface area contributed by atoms with Gasteiger partial charge in [0.1, 0.15) is 17.2 Å². The Labute approximate surface area is 200 Å². The number of ether oxygens (including phenoxy) is 4. The van der Waals surface area contributed by atoms with Crippen molar-refractivity contribution in [3.05, 3.63) is 64.0 Å². The van der Waals surface area contributed by atoms with Gasteiger partial charge in [0, 0.05) is 13.0 Å². The average molecular weight is 487 g/mol. The molecule has 0 saturated carbocycles. The maximum atomic E-state index is 14.5. The van der Waals surface area contributed by atoms with Crippen LogP contribution in [0.25, 0.3) is 10.9 Å². The van der Waals surface area contributed by atoms with Crippen molar-refractivity contribution in [2.24, 2.45) is 0 Å². The van der Waals surface area contributed by atoms with E-state index in [1.54, 1.807) is 25.3 Å². The molecule has 0 bridgehead atoms. The number of aliphatic hydroxyl groups excluding tert-OH is 1. The van der Waals surface area contributed by atoms with E-state index in [4.69, 9.17) is 24.1 Å². The third kappa shape index (κ3) is 5.94. The van der Waals surface area contributed by atoms with Gasteiger partial charge in [-0.15, -0.1) is 0 Å². The summed E-state index contributed by atoms with van der Waals surface area (Å²) in [6.45, 7) is 0.678. The molecular formula is C24H26FN3O7. The number of methoxy groups -OCH3 is 1. The largest absolute Gasteiger partial charge is 0.497 e. The van der Waals surface area contributed by atoms with Gasteiger partial charge in [0.15, 0.2) is 17.4 Å². The summed E-state index contributed by atoms with van der Waals surface area (Å²) in [5, 5.41) is 11.7. The van der Waals surface area contributed by atoms with Crippen molar-refractivity contribution in [1.29, 1.82) is 0 Å². The van der Waals surface area contributed by atoms with E-state index < -0.39 is 17.3 Å². The van der Waals surface area contributed by atoms with Crippen molar-refractivity contribution in [1.82, 2.24) is 15.3 Å². The number of nitrogens with zero attached hydrogens (tertiary/aromatic N) is 1. The van der Waals surface area contributed by atoms with E-state index in [0.29, 0.717) is 12.2 Å². The number of hydrogen-bond acceptors (Lipinski definition) is 8. The van der Waals surface area contributed by atoms with Gasteiger partial charge in [-0.2, -0.15) is 0 Å². The van der Waals surface area contributed by atoms with Crippen LogP contribution < -0.4 is 20.3 Å². The molecule has 1 aromatic heterocycles. The minimum Gasteiger partial charge on any atom is -0.497 e.